The molecule has 1 atom stereocenters. The van der Waals surface area contributed by atoms with Crippen LogP contribution in [-0.4, -0.2) is 18.8 Å². The Balaban J connectivity index is 2.15. The topological polar surface area (TPSA) is 52.3 Å². The summed E-state index contributed by atoms with van der Waals surface area (Å²) in [6.07, 6.45) is 0. The molecule has 2 aromatic rings. The summed E-state index contributed by atoms with van der Waals surface area (Å²) >= 11 is 1.65. The minimum atomic E-state index is -0.266. The van der Waals surface area contributed by atoms with E-state index in [2.05, 4.69) is 0 Å². The molecule has 2 N–H and O–H groups in total. The van der Waals surface area contributed by atoms with Crippen molar-refractivity contribution in [2.24, 2.45) is 0 Å². The van der Waals surface area contributed by atoms with Crippen molar-refractivity contribution in [1.82, 2.24) is 0 Å². The zero-order chi connectivity index (χ0) is 15.2. The third-order valence-corrected chi connectivity index (χ3v) is 4.56. The Labute approximate surface area is 129 Å². The molecule has 21 heavy (non-hydrogen) atoms. The molecule has 0 bridgehead atoms. The molecule has 0 fully saturated rings. The Kier molecular flexibility index (Phi) is 5.28. The van der Waals surface area contributed by atoms with Crippen molar-refractivity contribution in [1.29, 1.82) is 0 Å². The molecule has 2 rings (SSSR count). The van der Waals surface area contributed by atoms with Gasteiger partial charge in [-0.15, -0.1) is 11.8 Å². The fraction of sp³-hybridized carbons (Fsp3) is 0.235. The largest absolute Gasteiger partial charge is 0.469 e. The summed E-state index contributed by atoms with van der Waals surface area (Å²) < 4.78 is 4.93. The normalized spacial score (nSPS) is 11.9. The molecule has 0 spiro atoms. The predicted molar refractivity (Wildman–Crippen MR) is 87.5 cm³/mol. The van der Waals surface area contributed by atoms with Crippen LogP contribution in [0.3, 0.4) is 0 Å². The second-order valence-electron chi connectivity index (χ2n) is 4.82. The monoisotopic (exact) mass is 301 g/mol. The predicted octanol–water partition coefficient (Wildman–Crippen LogP) is 3.63. The minimum Gasteiger partial charge on any atom is -0.469 e. The quantitative estimate of drug-likeness (QED) is 0.520. The highest BCUT2D eigenvalue weighted by molar-refractivity contribution is 7.99. The first-order valence-electron chi connectivity index (χ1n) is 6.73. The van der Waals surface area contributed by atoms with E-state index in [0.717, 1.165) is 21.7 Å². The molecule has 0 aromatic heterocycles. The zero-order valence-corrected chi connectivity index (χ0v) is 13.0. The lowest BCUT2D eigenvalue weighted by Crippen LogP contribution is -2.16. The highest BCUT2D eigenvalue weighted by Gasteiger charge is 2.21. The average molecular weight is 301 g/mol. The number of carbonyl (C=O) groups excluding carboxylic acids is 1. The highest BCUT2D eigenvalue weighted by Crippen LogP contribution is 2.30. The van der Waals surface area contributed by atoms with Crippen molar-refractivity contribution >= 4 is 23.4 Å². The van der Waals surface area contributed by atoms with Crippen LogP contribution < -0.4 is 5.73 Å². The van der Waals surface area contributed by atoms with Crippen molar-refractivity contribution in [2.75, 3.05) is 18.6 Å². The van der Waals surface area contributed by atoms with Crippen molar-refractivity contribution in [3.8, 4) is 0 Å². The number of esters is 1. The van der Waals surface area contributed by atoms with Gasteiger partial charge in [-0.25, -0.2) is 0 Å². The Morgan fingerprint density at radius 1 is 1.24 bits per heavy atom. The van der Waals surface area contributed by atoms with Gasteiger partial charge < -0.3 is 10.5 Å². The first-order chi connectivity index (χ1) is 10.1. The van der Waals surface area contributed by atoms with Crippen molar-refractivity contribution in [3.05, 3.63) is 59.7 Å². The van der Waals surface area contributed by atoms with Gasteiger partial charge in [0.25, 0.3) is 0 Å². The molecular formula is C17H19NO2S. The Morgan fingerprint density at radius 2 is 1.95 bits per heavy atom. The highest BCUT2D eigenvalue weighted by atomic mass is 32.2. The molecule has 4 heteroatoms. The number of hydrogen-bond donors (Lipinski definition) is 1. The van der Waals surface area contributed by atoms with Crippen LogP contribution >= 0.6 is 11.8 Å². The van der Waals surface area contributed by atoms with Gasteiger partial charge in [0, 0.05) is 16.3 Å². The number of carbonyl (C=O) groups is 1. The van der Waals surface area contributed by atoms with E-state index in [1.165, 1.54) is 7.11 Å². The van der Waals surface area contributed by atoms with Crippen LogP contribution in [0.25, 0.3) is 0 Å². The van der Waals surface area contributed by atoms with E-state index >= 15 is 0 Å². The summed E-state index contributed by atoms with van der Waals surface area (Å²) in [6.45, 7) is 2.02. The van der Waals surface area contributed by atoms with E-state index < -0.39 is 0 Å². The van der Waals surface area contributed by atoms with Gasteiger partial charge in [-0.3, -0.25) is 4.79 Å². The van der Waals surface area contributed by atoms with Crippen LogP contribution in [0.15, 0.2) is 53.4 Å². The van der Waals surface area contributed by atoms with Gasteiger partial charge in [0.05, 0.1) is 13.0 Å². The van der Waals surface area contributed by atoms with Crippen molar-refractivity contribution < 1.29 is 9.53 Å². The van der Waals surface area contributed by atoms with Crippen LogP contribution in [0.2, 0.25) is 0 Å². The van der Waals surface area contributed by atoms with Gasteiger partial charge in [-0.2, -0.15) is 0 Å². The van der Waals surface area contributed by atoms with Crippen LogP contribution in [-0.2, 0) is 9.53 Å². The molecule has 0 aliphatic carbocycles. The summed E-state index contributed by atoms with van der Waals surface area (Å²) in [5.74, 6) is 0.168. The number of nitrogens with two attached hydrogens (primary N) is 1. The molecule has 1 unspecified atom stereocenters. The van der Waals surface area contributed by atoms with Crippen LogP contribution in [0.5, 0.6) is 0 Å². The smallest absolute Gasteiger partial charge is 0.313 e. The first-order valence-corrected chi connectivity index (χ1v) is 7.72. The van der Waals surface area contributed by atoms with Crippen molar-refractivity contribution in [2.45, 2.75) is 17.7 Å². The molecule has 0 heterocycles. The van der Waals surface area contributed by atoms with E-state index in [0.29, 0.717) is 5.75 Å². The maximum absolute atomic E-state index is 12.0. The van der Waals surface area contributed by atoms with Crippen molar-refractivity contribution in [3.63, 3.8) is 0 Å². The molecule has 110 valence electrons. The van der Waals surface area contributed by atoms with Gasteiger partial charge in [0.1, 0.15) is 0 Å². The van der Waals surface area contributed by atoms with Gasteiger partial charge in [-0.1, -0.05) is 30.3 Å². The lowest BCUT2D eigenvalue weighted by molar-refractivity contribution is -0.141. The minimum absolute atomic E-state index is 0.207. The van der Waals surface area contributed by atoms with Crippen LogP contribution in [0.4, 0.5) is 5.69 Å². The van der Waals surface area contributed by atoms with Gasteiger partial charge >= 0.3 is 5.97 Å². The van der Waals surface area contributed by atoms with E-state index in [4.69, 9.17) is 10.5 Å². The molecule has 2 aromatic carbocycles. The number of ether oxygens (including phenoxy) is 1. The number of thioether (sulfide) groups is 1. The average Bonchev–Trinajstić information content (AvgIpc) is 2.50. The second kappa shape index (κ2) is 7.18. The van der Waals surface area contributed by atoms with E-state index in [9.17, 15) is 4.79 Å². The van der Waals surface area contributed by atoms with Gasteiger partial charge in [0.2, 0.25) is 0 Å². The molecule has 0 saturated carbocycles. The zero-order valence-electron chi connectivity index (χ0n) is 12.2. The lowest BCUT2D eigenvalue weighted by atomic mass is 10.0. The van der Waals surface area contributed by atoms with Gasteiger partial charge in [0.15, 0.2) is 0 Å². The summed E-state index contributed by atoms with van der Waals surface area (Å²) in [4.78, 5) is 13.2. The summed E-state index contributed by atoms with van der Waals surface area (Å²) in [7, 11) is 1.43. The summed E-state index contributed by atoms with van der Waals surface area (Å²) in [5, 5.41) is 0. The van der Waals surface area contributed by atoms with Crippen LogP contribution in [0, 0.1) is 6.92 Å². The molecule has 3 nitrogen and oxygen atoms in total. The molecule has 0 amide bonds. The standard InChI is InChI=1S/C17H19NO2S/c1-12-10-14(18)8-9-16(12)21-11-15(17(19)20-2)13-6-4-3-5-7-13/h3-10,15H,11,18H2,1-2H3. The third kappa shape index (κ3) is 4.02. The third-order valence-electron chi connectivity index (χ3n) is 3.29. The number of benzene rings is 2. The Morgan fingerprint density at radius 3 is 2.57 bits per heavy atom. The molecule has 0 aliphatic heterocycles. The number of anilines is 1. The molecule has 0 saturated heterocycles. The molecule has 0 radical (unpaired) electrons. The fourth-order valence-corrected chi connectivity index (χ4v) is 3.26. The van der Waals surface area contributed by atoms with Crippen LogP contribution in [0.1, 0.15) is 17.0 Å². The van der Waals surface area contributed by atoms with E-state index in [1.54, 1.807) is 11.8 Å². The van der Waals surface area contributed by atoms with E-state index in [-0.39, 0.29) is 11.9 Å². The van der Waals surface area contributed by atoms with Gasteiger partial charge in [-0.05, 0) is 36.2 Å². The molecule has 0 aliphatic rings. The number of aryl methyl sites for hydroxylation is 1. The maximum atomic E-state index is 12.0. The Hall–Kier alpha value is -1.94. The number of hydrogen-bond acceptors (Lipinski definition) is 4. The second-order valence-corrected chi connectivity index (χ2v) is 5.88. The fourth-order valence-electron chi connectivity index (χ4n) is 2.14. The number of rotatable bonds is 5. The number of nitrogen functional groups attached to an aromatic ring is 1. The summed E-state index contributed by atoms with van der Waals surface area (Å²) in [6, 6.07) is 15.5. The SMILES string of the molecule is COC(=O)C(CSc1ccc(N)cc1C)c1ccccc1. The molecular weight excluding hydrogens is 282 g/mol. The summed E-state index contributed by atoms with van der Waals surface area (Å²) in [5.41, 5.74) is 8.61. The first kappa shape index (κ1) is 15.4. The number of methoxy groups -OCH3 is 1. The Bertz CT molecular complexity index is 613. The lowest BCUT2D eigenvalue weighted by Gasteiger charge is -2.15. The van der Waals surface area contributed by atoms with E-state index in [1.807, 2.05) is 55.5 Å². The maximum Gasteiger partial charge on any atom is 0.313 e.